The molecule has 1 aliphatic rings. The van der Waals surface area contributed by atoms with Crippen LogP contribution in [0.4, 0.5) is 5.69 Å². The Bertz CT molecular complexity index is 1680. The van der Waals surface area contributed by atoms with Crippen molar-refractivity contribution in [3.05, 3.63) is 113 Å². The number of H-pyrrole nitrogens is 1. The van der Waals surface area contributed by atoms with Crippen LogP contribution in [0.1, 0.15) is 32.7 Å². The summed E-state index contributed by atoms with van der Waals surface area (Å²) < 4.78 is 12.3. The van der Waals surface area contributed by atoms with Gasteiger partial charge < -0.3 is 19.4 Å². The molecule has 0 saturated heterocycles. The monoisotopic (exact) mass is 488 g/mol. The number of carbonyl (C=O) groups is 1. The van der Waals surface area contributed by atoms with Crippen molar-refractivity contribution in [1.29, 1.82) is 0 Å². The number of benzene rings is 4. The average molecular weight is 489 g/mol. The number of aryl methyl sites for hydroxylation is 1. The number of methoxy groups -OCH3 is 1. The van der Waals surface area contributed by atoms with Crippen molar-refractivity contribution in [2.75, 3.05) is 26.1 Å². The first kappa shape index (κ1) is 22.9. The second-order valence-corrected chi connectivity index (χ2v) is 9.63. The lowest BCUT2D eigenvalue weighted by Crippen LogP contribution is -2.34. The van der Waals surface area contributed by atoms with Crippen LogP contribution in [0.3, 0.4) is 0 Å². The maximum atomic E-state index is 12.9. The number of carbonyl (C=O) groups excluding carboxylic acids is 1. The number of aromatic nitrogens is 1. The molecule has 184 valence electrons. The number of nitrogens with one attached hydrogen (secondary N) is 1. The Balaban J connectivity index is 1.67. The number of nitrogens with zero attached hydrogens (tertiary/aromatic N) is 1. The van der Waals surface area contributed by atoms with Crippen LogP contribution >= 0.6 is 0 Å². The minimum atomic E-state index is -0.841. The van der Waals surface area contributed by atoms with Gasteiger partial charge in [-0.15, -0.1) is 0 Å². The van der Waals surface area contributed by atoms with Crippen molar-refractivity contribution in [3.8, 4) is 5.75 Å². The lowest BCUT2D eigenvalue weighted by Gasteiger charge is -2.37. The van der Waals surface area contributed by atoms with Crippen molar-refractivity contribution in [3.63, 3.8) is 0 Å². The summed E-state index contributed by atoms with van der Waals surface area (Å²) in [6.07, 6.45) is 4.20. The molecule has 5 nitrogen and oxygen atoms in total. The fourth-order valence-electron chi connectivity index (χ4n) is 5.45. The number of hydrogen-bond donors (Lipinski definition) is 1. The number of ether oxygens (including phenoxy) is 2. The Morgan fingerprint density at radius 1 is 0.892 bits per heavy atom. The molecule has 0 amide bonds. The Hall–Kier alpha value is -4.51. The summed E-state index contributed by atoms with van der Waals surface area (Å²) >= 11 is 0. The van der Waals surface area contributed by atoms with E-state index in [0.29, 0.717) is 5.56 Å². The van der Waals surface area contributed by atoms with Gasteiger partial charge in [-0.25, -0.2) is 4.79 Å². The van der Waals surface area contributed by atoms with Gasteiger partial charge >= 0.3 is 5.97 Å². The van der Waals surface area contributed by atoms with Gasteiger partial charge in [-0.1, -0.05) is 66.7 Å². The molecule has 0 fully saturated rings. The summed E-state index contributed by atoms with van der Waals surface area (Å²) in [6.45, 7) is 1.90. The number of fused-ring (bicyclic) bond motifs is 6. The molecule has 37 heavy (non-hydrogen) atoms. The number of anilines is 1. The fraction of sp³-hybridized carbons (Fsp3) is 0.156. The van der Waals surface area contributed by atoms with Crippen LogP contribution in [0.25, 0.3) is 27.8 Å². The summed E-state index contributed by atoms with van der Waals surface area (Å²) in [7, 11) is 5.48. The highest BCUT2D eigenvalue weighted by Gasteiger charge is 2.39. The Kier molecular flexibility index (Phi) is 5.30. The molecule has 5 aromatic rings. The molecule has 1 N–H and O–H groups in total. The van der Waals surface area contributed by atoms with E-state index in [1.165, 1.54) is 7.11 Å². The van der Waals surface area contributed by atoms with Gasteiger partial charge in [0.1, 0.15) is 5.75 Å². The molecule has 0 radical (unpaired) electrons. The van der Waals surface area contributed by atoms with Gasteiger partial charge in [0.05, 0.1) is 18.2 Å². The lowest BCUT2D eigenvalue weighted by atomic mass is 9.82. The molecule has 1 aliphatic heterocycles. The largest absolute Gasteiger partial charge is 0.472 e. The molecule has 6 rings (SSSR count). The van der Waals surface area contributed by atoms with Crippen molar-refractivity contribution >= 4 is 39.4 Å². The molecule has 1 atom stereocenters. The van der Waals surface area contributed by atoms with E-state index in [1.54, 1.807) is 0 Å². The van der Waals surface area contributed by atoms with Crippen LogP contribution in [0, 0.1) is 6.92 Å². The van der Waals surface area contributed by atoms with E-state index in [1.807, 2.05) is 51.4 Å². The molecule has 1 aromatic heterocycles. The van der Waals surface area contributed by atoms with Crippen LogP contribution < -0.4 is 9.64 Å². The second kappa shape index (κ2) is 8.56. The van der Waals surface area contributed by atoms with Crippen LogP contribution in [0.5, 0.6) is 5.75 Å². The van der Waals surface area contributed by atoms with Gasteiger partial charge in [0, 0.05) is 58.3 Å². The quantitative estimate of drug-likeness (QED) is 0.282. The molecule has 1 unspecified atom stereocenters. The van der Waals surface area contributed by atoms with Gasteiger partial charge in [-0.2, -0.15) is 0 Å². The highest BCUT2D eigenvalue weighted by molar-refractivity contribution is 6.19. The standard InChI is InChI=1S/C32H28N2O3/c1-20-27(31(35)36-4)28-26-18-19-32(21-10-6-5-7-11-21,22-14-16-23(17-15-22)34(2)3)37-30(26)25-13-9-8-12-24(25)29(28)33-20/h5-19,33H,1-4H3. The molecule has 0 aliphatic carbocycles. The summed E-state index contributed by atoms with van der Waals surface area (Å²) in [5.41, 5.74) is 5.41. The molecule has 0 spiro atoms. The molecule has 0 bridgehead atoms. The summed E-state index contributed by atoms with van der Waals surface area (Å²) in [5.74, 6) is 0.379. The highest BCUT2D eigenvalue weighted by atomic mass is 16.5. The Labute approximate surface area is 215 Å². The van der Waals surface area contributed by atoms with E-state index in [0.717, 1.165) is 55.5 Å². The van der Waals surface area contributed by atoms with Gasteiger partial charge in [0.15, 0.2) is 5.60 Å². The summed E-state index contributed by atoms with van der Waals surface area (Å²) in [4.78, 5) is 18.4. The van der Waals surface area contributed by atoms with Crippen LogP contribution in [0.15, 0.2) is 84.9 Å². The maximum Gasteiger partial charge on any atom is 0.340 e. The van der Waals surface area contributed by atoms with Crippen LogP contribution in [-0.4, -0.2) is 32.2 Å². The predicted octanol–water partition coefficient (Wildman–Crippen LogP) is 6.83. The molecule has 5 heteroatoms. The third-order valence-electron chi connectivity index (χ3n) is 7.29. The zero-order valence-corrected chi connectivity index (χ0v) is 21.3. The first-order valence-electron chi connectivity index (χ1n) is 12.3. The van der Waals surface area contributed by atoms with E-state index < -0.39 is 5.60 Å². The molecule has 4 aromatic carbocycles. The molecule has 0 saturated carbocycles. The van der Waals surface area contributed by atoms with Crippen molar-refractivity contribution in [2.24, 2.45) is 0 Å². The van der Waals surface area contributed by atoms with Crippen LogP contribution in [0.2, 0.25) is 0 Å². The Morgan fingerprint density at radius 2 is 1.54 bits per heavy atom. The number of rotatable bonds is 4. The van der Waals surface area contributed by atoms with Gasteiger partial charge in [-0.05, 0) is 31.2 Å². The minimum Gasteiger partial charge on any atom is -0.472 e. The third kappa shape index (κ3) is 3.42. The highest BCUT2D eigenvalue weighted by Crippen LogP contribution is 2.49. The van der Waals surface area contributed by atoms with E-state index in [2.05, 4.69) is 70.6 Å². The zero-order chi connectivity index (χ0) is 25.7. The first-order chi connectivity index (χ1) is 17.9. The molecular weight excluding hydrogens is 460 g/mol. The third-order valence-corrected chi connectivity index (χ3v) is 7.29. The second-order valence-electron chi connectivity index (χ2n) is 9.63. The number of aromatic amines is 1. The molecular formula is C32H28N2O3. The van der Waals surface area contributed by atoms with Crippen LogP contribution in [-0.2, 0) is 10.3 Å². The van der Waals surface area contributed by atoms with Crippen molar-refractivity contribution in [2.45, 2.75) is 12.5 Å². The Morgan fingerprint density at radius 3 is 2.22 bits per heavy atom. The topological polar surface area (TPSA) is 54.6 Å². The smallest absolute Gasteiger partial charge is 0.340 e. The summed E-state index contributed by atoms with van der Waals surface area (Å²) in [6, 6.07) is 26.9. The number of hydrogen-bond acceptors (Lipinski definition) is 4. The average Bonchev–Trinajstić information content (AvgIpc) is 3.30. The zero-order valence-electron chi connectivity index (χ0n) is 21.3. The first-order valence-corrected chi connectivity index (χ1v) is 12.3. The van der Waals surface area contributed by atoms with Crippen molar-refractivity contribution < 1.29 is 14.3 Å². The van der Waals surface area contributed by atoms with E-state index in [4.69, 9.17) is 9.47 Å². The minimum absolute atomic E-state index is 0.367. The van der Waals surface area contributed by atoms with Gasteiger partial charge in [-0.3, -0.25) is 0 Å². The van der Waals surface area contributed by atoms with Gasteiger partial charge in [0.2, 0.25) is 0 Å². The fourth-order valence-corrected chi connectivity index (χ4v) is 5.45. The van der Waals surface area contributed by atoms with E-state index in [9.17, 15) is 4.79 Å². The lowest BCUT2D eigenvalue weighted by molar-refractivity contribution is 0.0602. The predicted molar refractivity (Wildman–Crippen MR) is 150 cm³/mol. The molecule has 2 heterocycles. The van der Waals surface area contributed by atoms with E-state index in [-0.39, 0.29) is 5.97 Å². The SMILES string of the molecule is COC(=O)c1c(C)[nH]c2c1c1c(c3ccccc32)OC(c2ccccc2)(c2ccc(N(C)C)cc2)C=C1. The maximum absolute atomic E-state index is 12.9. The normalized spacial score (nSPS) is 16.4. The van der Waals surface area contributed by atoms with E-state index >= 15 is 0 Å². The van der Waals surface area contributed by atoms with Gasteiger partial charge in [0.25, 0.3) is 0 Å². The summed E-state index contributed by atoms with van der Waals surface area (Å²) in [5, 5.41) is 2.80. The van der Waals surface area contributed by atoms with Crippen molar-refractivity contribution in [1.82, 2.24) is 4.98 Å². The number of esters is 1.